The van der Waals surface area contributed by atoms with Crippen LogP contribution in [0, 0.1) is 5.92 Å². The molecule has 0 heterocycles. The minimum absolute atomic E-state index is 0.101. The second kappa shape index (κ2) is 6.25. The number of carbonyl (C=O) groups is 1. The zero-order chi connectivity index (χ0) is 13.8. The van der Waals surface area contributed by atoms with E-state index in [4.69, 9.17) is 0 Å². The number of sulfone groups is 1. The second-order valence-corrected chi connectivity index (χ2v) is 8.13. The molecule has 0 aromatic rings. The van der Waals surface area contributed by atoms with Gasteiger partial charge in [0.05, 0.1) is 5.75 Å². The fourth-order valence-corrected chi connectivity index (χ4v) is 4.57. The van der Waals surface area contributed by atoms with Crippen LogP contribution < -0.4 is 5.32 Å². The Morgan fingerprint density at radius 1 is 1.50 bits per heavy atom. The maximum Gasteiger partial charge on any atom is 0.325 e. The largest absolute Gasteiger partial charge is 0.480 e. The molecule has 1 atom stereocenters. The smallest absolute Gasteiger partial charge is 0.325 e. The molecular formula is C11H21NO4S2. The molecule has 7 heteroatoms. The molecule has 0 aromatic heterocycles. The lowest BCUT2D eigenvalue weighted by Crippen LogP contribution is -2.56. The molecule has 2 N–H and O–H groups in total. The summed E-state index contributed by atoms with van der Waals surface area (Å²) in [5.41, 5.74) is -0.878. The highest BCUT2D eigenvalue weighted by Gasteiger charge is 2.50. The van der Waals surface area contributed by atoms with Crippen LogP contribution in [0.5, 0.6) is 0 Å². The molecule has 18 heavy (non-hydrogen) atoms. The van der Waals surface area contributed by atoms with Gasteiger partial charge in [-0.05, 0) is 25.3 Å². The summed E-state index contributed by atoms with van der Waals surface area (Å²) in [6.45, 7) is 2.50. The van der Waals surface area contributed by atoms with Crippen LogP contribution in [0.25, 0.3) is 0 Å². The SMILES string of the molecule is CCNC(CSCCS(C)(=O)=O)(C(=O)O)C1CC1. The second-order valence-electron chi connectivity index (χ2n) is 4.76. The third-order valence-electron chi connectivity index (χ3n) is 3.08. The van der Waals surface area contributed by atoms with Gasteiger partial charge in [0.15, 0.2) is 0 Å². The molecule has 0 bridgehead atoms. The molecule has 0 spiro atoms. The Labute approximate surface area is 113 Å². The molecule has 1 aliphatic carbocycles. The summed E-state index contributed by atoms with van der Waals surface area (Å²) in [7, 11) is -2.97. The molecule has 0 aliphatic heterocycles. The van der Waals surface area contributed by atoms with Crippen LogP contribution in [-0.4, -0.2) is 55.1 Å². The van der Waals surface area contributed by atoms with E-state index in [9.17, 15) is 18.3 Å². The van der Waals surface area contributed by atoms with Crippen molar-refractivity contribution in [2.75, 3.05) is 30.1 Å². The monoisotopic (exact) mass is 295 g/mol. The standard InChI is InChI=1S/C11H21NO4S2/c1-3-12-11(10(13)14,9-4-5-9)8-17-6-7-18(2,15)16/h9,12H,3-8H2,1-2H3,(H,13,14). The average Bonchev–Trinajstić information content (AvgIpc) is 3.04. The third-order valence-corrected chi connectivity index (χ3v) is 5.43. The maximum absolute atomic E-state index is 11.5. The van der Waals surface area contributed by atoms with E-state index in [1.807, 2.05) is 6.92 Å². The highest BCUT2D eigenvalue weighted by molar-refractivity contribution is 8.00. The lowest BCUT2D eigenvalue weighted by molar-refractivity contribution is -0.144. The number of likely N-dealkylation sites (N-methyl/N-ethyl adjacent to an activating group) is 1. The van der Waals surface area contributed by atoms with Gasteiger partial charge in [-0.1, -0.05) is 6.92 Å². The van der Waals surface area contributed by atoms with Crippen LogP contribution in [0.1, 0.15) is 19.8 Å². The quantitative estimate of drug-likeness (QED) is 0.606. The third kappa shape index (κ3) is 4.44. The lowest BCUT2D eigenvalue weighted by atomic mass is 9.96. The fourth-order valence-electron chi connectivity index (χ4n) is 1.96. The van der Waals surface area contributed by atoms with Crippen molar-refractivity contribution in [2.24, 2.45) is 5.92 Å². The van der Waals surface area contributed by atoms with E-state index < -0.39 is 21.3 Å². The number of hydrogen-bond acceptors (Lipinski definition) is 5. The number of nitrogens with one attached hydrogen (secondary N) is 1. The summed E-state index contributed by atoms with van der Waals surface area (Å²) in [5.74, 6) is 0.339. The molecule has 1 rings (SSSR count). The first-order valence-corrected chi connectivity index (χ1v) is 9.27. The van der Waals surface area contributed by atoms with Gasteiger partial charge in [0.25, 0.3) is 0 Å². The predicted molar refractivity (Wildman–Crippen MR) is 73.8 cm³/mol. The Hall–Kier alpha value is -0.270. The topological polar surface area (TPSA) is 83.5 Å². The minimum atomic E-state index is -2.97. The lowest BCUT2D eigenvalue weighted by Gasteiger charge is -2.30. The minimum Gasteiger partial charge on any atom is -0.480 e. The van der Waals surface area contributed by atoms with Gasteiger partial charge in [0.2, 0.25) is 0 Å². The van der Waals surface area contributed by atoms with Crippen molar-refractivity contribution in [1.82, 2.24) is 5.32 Å². The van der Waals surface area contributed by atoms with Crippen LogP contribution >= 0.6 is 11.8 Å². The molecule has 1 aliphatic rings. The maximum atomic E-state index is 11.5. The highest BCUT2D eigenvalue weighted by atomic mass is 32.2. The van der Waals surface area contributed by atoms with Gasteiger partial charge in [0, 0.05) is 17.8 Å². The first-order chi connectivity index (χ1) is 8.32. The summed E-state index contributed by atoms with van der Waals surface area (Å²) in [6, 6.07) is 0. The van der Waals surface area contributed by atoms with E-state index in [0.29, 0.717) is 18.1 Å². The Morgan fingerprint density at radius 3 is 2.50 bits per heavy atom. The molecule has 1 saturated carbocycles. The zero-order valence-corrected chi connectivity index (χ0v) is 12.4. The molecule has 106 valence electrons. The van der Waals surface area contributed by atoms with E-state index in [1.54, 1.807) is 0 Å². The normalized spacial score (nSPS) is 19.4. The van der Waals surface area contributed by atoms with Gasteiger partial charge in [-0.15, -0.1) is 0 Å². The number of aliphatic carboxylic acids is 1. The average molecular weight is 295 g/mol. The van der Waals surface area contributed by atoms with Gasteiger partial charge in [0.1, 0.15) is 15.4 Å². The Balaban J connectivity index is 2.54. The molecular weight excluding hydrogens is 274 g/mol. The van der Waals surface area contributed by atoms with Gasteiger partial charge in [-0.2, -0.15) is 11.8 Å². The van der Waals surface area contributed by atoms with Gasteiger partial charge in [-0.25, -0.2) is 8.42 Å². The molecule has 1 unspecified atom stereocenters. The summed E-state index contributed by atoms with van der Waals surface area (Å²) in [6.07, 6.45) is 3.07. The van der Waals surface area contributed by atoms with Crippen LogP contribution in [0.3, 0.4) is 0 Å². The van der Waals surface area contributed by atoms with E-state index in [0.717, 1.165) is 12.8 Å². The number of carboxylic acid groups (broad SMARTS) is 1. The fraction of sp³-hybridized carbons (Fsp3) is 0.909. The Kier molecular flexibility index (Phi) is 5.48. The number of carboxylic acids is 1. The van der Waals surface area contributed by atoms with Crippen LogP contribution in [-0.2, 0) is 14.6 Å². The van der Waals surface area contributed by atoms with Crippen LogP contribution in [0.15, 0.2) is 0 Å². The summed E-state index contributed by atoms with van der Waals surface area (Å²) >= 11 is 1.40. The van der Waals surface area contributed by atoms with Crippen molar-refractivity contribution in [2.45, 2.75) is 25.3 Å². The molecule has 0 amide bonds. The molecule has 0 saturated heterocycles. The van der Waals surface area contributed by atoms with Crippen molar-refractivity contribution >= 4 is 27.6 Å². The zero-order valence-electron chi connectivity index (χ0n) is 10.8. The number of rotatable bonds is 9. The van der Waals surface area contributed by atoms with E-state index >= 15 is 0 Å². The highest BCUT2D eigenvalue weighted by Crippen LogP contribution is 2.41. The Morgan fingerprint density at radius 2 is 2.11 bits per heavy atom. The molecule has 5 nitrogen and oxygen atoms in total. The summed E-state index contributed by atoms with van der Waals surface area (Å²) in [4.78, 5) is 11.5. The van der Waals surface area contributed by atoms with Gasteiger partial charge < -0.3 is 10.4 Å². The van der Waals surface area contributed by atoms with E-state index in [-0.39, 0.29) is 11.7 Å². The number of hydrogen-bond donors (Lipinski definition) is 2. The first-order valence-electron chi connectivity index (χ1n) is 6.05. The number of thioether (sulfide) groups is 1. The molecule has 0 radical (unpaired) electrons. The van der Waals surface area contributed by atoms with Crippen molar-refractivity contribution in [3.63, 3.8) is 0 Å². The van der Waals surface area contributed by atoms with Gasteiger partial charge in [-0.3, -0.25) is 4.79 Å². The van der Waals surface area contributed by atoms with Gasteiger partial charge >= 0.3 is 5.97 Å². The first kappa shape index (κ1) is 15.8. The van der Waals surface area contributed by atoms with Crippen LogP contribution in [0.4, 0.5) is 0 Å². The molecule has 0 aromatic carbocycles. The van der Waals surface area contributed by atoms with E-state index in [2.05, 4.69) is 5.32 Å². The van der Waals surface area contributed by atoms with Crippen molar-refractivity contribution < 1.29 is 18.3 Å². The van der Waals surface area contributed by atoms with Crippen LogP contribution in [0.2, 0.25) is 0 Å². The predicted octanol–water partition coefficient (Wildman–Crippen LogP) is 0.607. The van der Waals surface area contributed by atoms with Crippen molar-refractivity contribution in [1.29, 1.82) is 0 Å². The van der Waals surface area contributed by atoms with E-state index in [1.165, 1.54) is 18.0 Å². The Bertz CT molecular complexity index is 392. The summed E-state index contributed by atoms with van der Waals surface area (Å²) in [5, 5.41) is 12.5. The van der Waals surface area contributed by atoms with Crippen molar-refractivity contribution in [3.8, 4) is 0 Å². The van der Waals surface area contributed by atoms with Crippen molar-refractivity contribution in [3.05, 3.63) is 0 Å². The molecule has 1 fully saturated rings. The summed E-state index contributed by atoms with van der Waals surface area (Å²) < 4.78 is 22.0.